The van der Waals surface area contributed by atoms with Gasteiger partial charge in [0.2, 0.25) is 0 Å². The molecule has 2 N–H and O–H groups in total. The maximum absolute atomic E-state index is 6.23. The van der Waals surface area contributed by atoms with E-state index in [-0.39, 0.29) is 6.04 Å². The van der Waals surface area contributed by atoms with Crippen LogP contribution < -0.4 is 10.5 Å². The summed E-state index contributed by atoms with van der Waals surface area (Å²) in [6.45, 7) is 0.595. The Labute approximate surface area is 114 Å². The van der Waals surface area contributed by atoms with Gasteiger partial charge in [-0.25, -0.2) is 0 Å². The van der Waals surface area contributed by atoms with Gasteiger partial charge in [-0.2, -0.15) is 0 Å². The van der Waals surface area contributed by atoms with Gasteiger partial charge in [0.05, 0.1) is 0 Å². The third-order valence-corrected chi connectivity index (χ3v) is 3.80. The van der Waals surface area contributed by atoms with Crippen LogP contribution in [-0.2, 0) is 0 Å². The van der Waals surface area contributed by atoms with Crippen molar-refractivity contribution in [1.29, 1.82) is 0 Å². The monoisotopic (exact) mass is 253 g/mol. The Morgan fingerprint density at radius 1 is 1.00 bits per heavy atom. The Hall–Kier alpha value is -1.80. The molecular formula is C17H19NO. The van der Waals surface area contributed by atoms with E-state index in [2.05, 4.69) is 30.3 Å². The second-order valence-corrected chi connectivity index (χ2v) is 5.20. The second-order valence-electron chi connectivity index (χ2n) is 5.20. The van der Waals surface area contributed by atoms with Crippen molar-refractivity contribution in [3.8, 4) is 5.75 Å². The summed E-state index contributed by atoms with van der Waals surface area (Å²) in [6, 6.07) is 20.6. The number of hydrogen-bond acceptors (Lipinski definition) is 2. The topological polar surface area (TPSA) is 35.2 Å². The molecule has 2 nitrogen and oxygen atoms in total. The highest BCUT2D eigenvalue weighted by Gasteiger charge is 2.42. The lowest BCUT2D eigenvalue weighted by Crippen LogP contribution is -2.30. The molecule has 98 valence electrons. The third-order valence-electron chi connectivity index (χ3n) is 3.80. The Morgan fingerprint density at radius 3 is 2.32 bits per heavy atom. The number of nitrogens with two attached hydrogens (primary N) is 1. The molecule has 0 heterocycles. The van der Waals surface area contributed by atoms with Gasteiger partial charge in [-0.15, -0.1) is 0 Å². The Kier molecular flexibility index (Phi) is 3.51. The van der Waals surface area contributed by atoms with E-state index in [1.54, 1.807) is 0 Å². The van der Waals surface area contributed by atoms with E-state index in [1.807, 2.05) is 30.3 Å². The fraction of sp³-hybridized carbons (Fsp3) is 0.294. The molecule has 2 aromatic carbocycles. The number of benzene rings is 2. The second kappa shape index (κ2) is 5.45. The van der Waals surface area contributed by atoms with Crippen LogP contribution in [0.1, 0.15) is 17.9 Å². The van der Waals surface area contributed by atoms with Crippen LogP contribution >= 0.6 is 0 Å². The summed E-state index contributed by atoms with van der Waals surface area (Å²) in [6.07, 6.45) is 1.18. The highest BCUT2D eigenvalue weighted by atomic mass is 16.5. The van der Waals surface area contributed by atoms with Gasteiger partial charge in [0, 0.05) is 6.04 Å². The largest absolute Gasteiger partial charge is 0.492 e. The minimum atomic E-state index is 0.116. The van der Waals surface area contributed by atoms with Crippen molar-refractivity contribution in [2.75, 3.05) is 6.61 Å². The predicted molar refractivity (Wildman–Crippen MR) is 77.2 cm³/mol. The molecule has 0 amide bonds. The van der Waals surface area contributed by atoms with E-state index in [0.717, 1.165) is 5.75 Å². The first-order chi connectivity index (χ1) is 9.34. The van der Waals surface area contributed by atoms with Gasteiger partial charge in [-0.1, -0.05) is 48.5 Å². The average molecular weight is 253 g/mol. The maximum atomic E-state index is 6.23. The van der Waals surface area contributed by atoms with Crippen LogP contribution in [0, 0.1) is 5.92 Å². The van der Waals surface area contributed by atoms with Gasteiger partial charge in [-0.05, 0) is 36.0 Å². The Morgan fingerprint density at radius 2 is 1.63 bits per heavy atom. The molecule has 1 aliphatic carbocycles. The van der Waals surface area contributed by atoms with Crippen LogP contribution in [-0.4, -0.2) is 12.6 Å². The van der Waals surface area contributed by atoms with Gasteiger partial charge in [0.15, 0.2) is 0 Å². The van der Waals surface area contributed by atoms with Gasteiger partial charge in [-0.3, -0.25) is 0 Å². The molecule has 0 aromatic heterocycles. The standard InChI is InChI=1S/C17H19NO/c18-17(12-19-14-9-5-2-6-10-14)16-11-15(16)13-7-3-1-4-8-13/h1-10,15-17H,11-12,18H2. The van der Waals surface area contributed by atoms with Gasteiger partial charge >= 0.3 is 0 Å². The average Bonchev–Trinajstić information content (AvgIpc) is 3.27. The first kappa shape index (κ1) is 12.2. The molecule has 0 aliphatic heterocycles. The highest BCUT2D eigenvalue weighted by molar-refractivity contribution is 5.27. The van der Waals surface area contributed by atoms with E-state index < -0.39 is 0 Å². The molecule has 3 unspecified atom stereocenters. The van der Waals surface area contributed by atoms with E-state index in [9.17, 15) is 0 Å². The van der Waals surface area contributed by atoms with Crippen molar-refractivity contribution < 1.29 is 4.74 Å². The minimum Gasteiger partial charge on any atom is -0.492 e. The summed E-state index contributed by atoms with van der Waals surface area (Å²) >= 11 is 0. The van der Waals surface area contributed by atoms with Crippen LogP contribution in [0.3, 0.4) is 0 Å². The fourth-order valence-electron chi connectivity index (χ4n) is 2.60. The number of para-hydroxylation sites is 1. The van der Waals surface area contributed by atoms with E-state index in [0.29, 0.717) is 18.4 Å². The molecule has 0 saturated heterocycles. The van der Waals surface area contributed by atoms with Gasteiger partial charge in [0.25, 0.3) is 0 Å². The van der Waals surface area contributed by atoms with Crippen LogP contribution in [0.15, 0.2) is 60.7 Å². The zero-order valence-electron chi connectivity index (χ0n) is 10.9. The molecule has 0 bridgehead atoms. The summed E-state index contributed by atoms with van der Waals surface area (Å²) < 4.78 is 5.73. The van der Waals surface area contributed by atoms with E-state index in [1.165, 1.54) is 12.0 Å². The van der Waals surface area contributed by atoms with Crippen molar-refractivity contribution in [2.45, 2.75) is 18.4 Å². The SMILES string of the molecule is NC(COc1ccccc1)C1CC1c1ccccc1. The molecule has 19 heavy (non-hydrogen) atoms. The van der Waals surface area contributed by atoms with Crippen molar-refractivity contribution in [3.63, 3.8) is 0 Å². The summed E-state index contributed by atoms with van der Waals surface area (Å²) in [7, 11) is 0. The first-order valence-electron chi connectivity index (χ1n) is 6.83. The molecule has 2 aromatic rings. The highest BCUT2D eigenvalue weighted by Crippen LogP contribution is 2.48. The minimum absolute atomic E-state index is 0.116. The zero-order valence-corrected chi connectivity index (χ0v) is 10.9. The summed E-state index contributed by atoms with van der Waals surface area (Å²) in [5, 5.41) is 0. The molecule has 2 heteroatoms. The van der Waals surface area contributed by atoms with Crippen LogP contribution in [0.2, 0.25) is 0 Å². The molecule has 1 aliphatic rings. The Bertz CT molecular complexity index is 511. The first-order valence-corrected chi connectivity index (χ1v) is 6.83. The number of ether oxygens (including phenoxy) is 1. The Balaban J connectivity index is 1.52. The normalized spacial score (nSPS) is 22.8. The molecule has 0 radical (unpaired) electrons. The smallest absolute Gasteiger partial charge is 0.119 e. The lowest BCUT2D eigenvalue weighted by molar-refractivity contribution is 0.274. The van der Waals surface area contributed by atoms with Gasteiger partial charge < -0.3 is 10.5 Å². The third kappa shape index (κ3) is 2.96. The molecule has 0 spiro atoms. The molecule has 1 fully saturated rings. The number of hydrogen-bond donors (Lipinski definition) is 1. The zero-order chi connectivity index (χ0) is 13.1. The maximum Gasteiger partial charge on any atom is 0.119 e. The molecule has 3 atom stereocenters. The van der Waals surface area contributed by atoms with Crippen LogP contribution in [0.25, 0.3) is 0 Å². The van der Waals surface area contributed by atoms with Crippen molar-refractivity contribution in [2.24, 2.45) is 11.7 Å². The summed E-state index contributed by atoms with van der Waals surface area (Å²) in [4.78, 5) is 0. The molecule has 1 saturated carbocycles. The lowest BCUT2D eigenvalue weighted by atomic mass is 10.1. The number of rotatable bonds is 5. The molecular weight excluding hydrogens is 234 g/mol. The van der Waals surface area contributed by atoms with E-state index >= 15 is 0 Å². The van der Waals surface area contributed by atoms with Crippen LogP contribution in [0.4, 0.5) is 0 Å². The van der Waals surface area contributed by atoms with Crippen molar-refractivity contribution >= 4 is 0 Å². The summed E-state index contributed by atoms with van der Waals surface area (Å²) in [5.41, 5.74) is 7.63. The lowest BCUT2D eigenvalue weighted by Gasteiger charge is -2.13. The molecule has 3 rings (SSSR count). The summed E-state index contributed by atoms with van der Waals surface area (Å²) in [5.74, 6) is 2.08. The van der Waals surface area contributed by atoms with Gasteiger partial charge in [0.1, 0.15) is 12.4 Å². The van der Waals surface area contributed by atoms with Crippen molar-refractivity contribution in [1.82, 2.24) is 0 Å². The predicted octanol–water partition coefficient (Wildman–Crippen LogP) is 3.20. The van der Waals surface area contributed by atoms with E-state index in [4.69, 9.17) is 10.5 Å². The quantitative estimate of drug-likeness (QED) is 0.888. The van der Waals surface area contributed by atoms with Crippen molar-refractivity contribution in [3.05, 3.63) is 66.2 Å². The fourth-order valence-corrected chi connectivity index (χ4v) is 2.60. The van der Waals surface area contributed by atoms with Crippen LogP contribution in [0.5, 0.6) is 5.75 Å².